The Hall–Kier alpha value is -3.71. The van der Waals surface area contributed by atoms with E-state index in [2.05, 4.69) is 20.4 Å². The van der Waals surface area contributed by atoms with Crippen molar-refractivity contribution in [1.82, 2.24) is 19.7 Å². The summed E-state index contributed by atoms with van der Waals surface area (Å²) in [6, 6.07) is 16.0. The summed E-state index contributed by atoms with van der Waals surface area (Å²) in [5, 5.41) is 8.05. The molecule has 2 aromatic carbocycles. The molecule has 0 aliphatic rings. The van der Waals surface area contributed by atoms with Gasteiger partial charge < -0.3 is 10.1 Å². The van der Waals surface area contributed by atoms with Crippen molar-refractivity contribution in [3.8, 4) is 17.4 Å². The third kappa shape index (κ3) is 4.95. The van der Waals surface area contributed by atoms with Crippen LogP contribution in [0.25, 0.3) is 5.82 Å². The quantitative estimate of drug-likeness (QED) is 0.438. The number of anilines is 1. The minimum Gasteiger partial charge on any atom is -0.439 e. The van der Waals surface area contributed by atoms with Crippen molar-refractivity contribution < 1.29 is 9.53 Å². The molecule has 0 radical (unpaired) electrons. The van der Waals surface area contributed by atoms with Crippen molar-refractivity contribution in [3.63, 3.8) is 0 Å². The highest BCUT2D eigenvalue weighted by Gasteiger charge is 2.11. The molecule has 0 unspecified atom stereocenters. The number of hydrogen-bond acceptors (Lipinski definition) is 5. The molecule has 2 aromatic heterocycles. The zero-order valence-corrected chi connectivity index (χ0v) is 18.7. The number of nitrogens with one attached hydrogen (secondary N) is 1. The highest BCUT2D eigenvalue weighted by Crippen LogP contribution is 2.23. The van der Waals surface area contributed by atoms with E-state index in [9.17, 15) is 4.79 Å². The Balaban J connectivity index is 1.41. The van der Waals surface area contributed by atoms with E-state index in [0.717, 1.165) is 22.5 Å². The van der Waals surface area contributed by atoms with Gasteiger partial charge in [-0.1, -0.05) is 23.7 Å². The Kier molecular flexibility index (Phi) is 6.18. The largest absolute Gasteiger partial charge is 0.439 e. The van der Waals surface area contributed by atoms with Crippen LogP contribution in [0.15, 0.2) is 60.9 Å². The van der Waals surface area contributed by atoms with Crippen molar-refractivity contribution in [2.24, 2.45) is 0 Å². The van der Waals surface area contributed by atoms with Crippen LogP contribution in [0.4, 0.5) is 5.69 Å². The average molecular weight is 448 g/mol. The van der Waals surface area contributed by atoms with Crippen molar-refractivity contribution in [2.75, 3.05) is 5.32 Å². The van der Waals surface area contributed by atoms with E-state index in [1.807, 2.05) is 32.9 Å². The Morgan fingerprint density at radius 1 is 1.03 bits per heavy atom. The van der Waals surface area contributed by atoms with Crippen LogP contribution < -0.4 is 10.1 Å². The standard InChI is InChI=1S/C24H22ClN5O2/c1-15-16(2)29-30(17(15)3)22-13-24(27-14-26-22)32-21-10-8-20(9-11-21)28-23(31)12-18-4-6-19(25)7-5-18/h4-11,13-14H,12H2,1-3H3,(H,28,31). The summed E-state index contributed by atoms with van der Waals surface area (Å²) in [5.74, 6) is 1.52. The van der Waals surface area contributed by atoms with Crippen LogP contribution in [0.5, 0.6) is 11.6 Å². The molecule has 0 spiro atoms. The number of rotatable bonds is 6. The average Bonchev–Trinajstić information content (AvgIpc) is 3.04. The lowest BCUT2D eigenvalue weighted by atomic mass is 10.1. The van der Waals surface area contributed by atoms with Crippen LogP contribution in [0, 0.1) is 20.8 Å². The fourth-order valence-corrected chi connectivity index (χ4v) is 3.29. The van der Waals surface area contributed by atoms with Gasteiger partial charge in [-0.2, -0.15) is 5.10 Å². The third-order valence-electron chi connectivity index (χ3n) is 5.14. The number of ether oxygens (including phenoxy) is 1. The van der Waals surface area contributed by atoms with Gasteiger partial charge in [0, 0.05) is 22.5 Å². The van der Waals surface area contributed by atoms with Crippen LogP contribution in [0.3, 0.4) is 0 Å². The molecule has 4 aromatic rings. The van der Waals surface area contributed by atoms with Gasteiger partial charge in [0.05, 0.1) is 12.1 Å². The normalized spacial score (nSPS) is 10.8. The first kappa shape index (κ1) is 21.5. The number of aromatic nitrogens is 4. The molecular formula is C24H22ClN5O2. The Morgan fingerprint density at radius 2 is 1.75 bits per heavy atom. The molecule has 0 saturated heterocycles. The van der Waals surface area contributed by atoms with Crippen LogP contribution in [-0.4, -0.2) is 25.7 Å². The van der Waals surface area contributed by atoms with Gasteiger partial charge in [0.15, 0.2) is 5.82 Å². The van der Waals surface area contributed by atoms with Crippen molar-refractivity contribution in [1.29, 1.82) is 0 Å². The first-order valence-electron chi connectivity index (χ1n) is 10.1. The summed E-state index contributed by atoms with van der Waals surface area (Å²) in [7, 11) is 0. The number of carbonyl (C=O) groups excluding carboxylic acids is 1. The lowest BCUT2D eigenvalue weighted by Crippen LogP contribution is -2.14. The fraction of sp³-hybridized carbons (Fsp3) is 0.167. The van der Waals surface area contributed by atoms with E-state index >= 15 is 0 Å². The van der Waals surface area contributed by atoms with Gasteiger partial charge in [-0.05, 0) is 68.3 Å². The summed E-state index contributed by atoms with van der Waals surface area (Å²) >= 11 is 5.88. The van der Waals surface area contributed by atoms with Crippen molar-refractivity contribution in [3.05, 3.63) is 88.5 Å². The molecule has 8 heteroatoms. The van der Waals surface area contributed by atoms with Gasteiger partial charge in [-0.25, -0.2) is 14.6 Å². The van der Waals surface area contributed by atoms with Gasteiger partial charge in [0.1, 0.15) is 12.1 Å². The maximum absolute atomic E-state index is 12.3. The zero-order valence-electron chi connectivity index (χ0n) is 18.0. The van der Waals surface area contributed by atoms with Gasteiger partial charge in [0.25, 0.3) is 0 Å². The van der Waals surface area contributed by atoms with Gasteiger partial charge in [-0.15, -0.1) is 0 Å². The van der Waals surface area contributed by atoms with Crippen molar-refractivity contribution >= 4 is 23.2 Å². The predicted octanol–water partition coefficient (Wildman–Crippen LogP) is 5.21. The summed E-state index contributed by atoms with van der Waals surface area (Å²) in [5.41, 5.74) is 4.67. The number of nitrogens with zero attached hydrogens (tertiary/aromatic N) is 4. The second-order valence-electron chi connectivity index (χ2n) is 7.40. The van der Waals surface area contributed by atoms with E-state index in [4.69, 9.17) is 16.3 Å². The van der Waals surface area contributed by atoms with Crippen LogP contribution in [0.1, 0.15) is 22.5 Å². The molecule has 0 fully saturated rings. The Labute approximate surface area is 191 Å². The molecule has 1 amide bonds. The molecule has 4 rings (SSSR count). The smallest absolute Gasteiger partial charge is 0.228 e. The summed E-state index contributed by atoms with van der Waals surface area (Å²) in [6.07, 6.45) is 1.72. The number of carbonyl (C=O) groups is 1. The molecule has 0 aliphatic heterocycles. The Morgan fingerprint density at radius 3 is 2.41 bits per heavy atom. The number of aryl methyl sites for hydroxylation is 1. The fourth-order valence-electron chi connectivity index (χ4n) is 3.17. The molecule has 7 nitrogen and oxygen atoms in total. The maximum Gasteiger partial charge on any atom is 0.228 e. The van der Waals surface area contributed by atoms with Gasteiger partial charge in [-0.3, -0.25) is 4.79 Å². The summed E-state index contributed by atoms with van der Waals surface area (Å²) in [6.45, 7) is 5.99. The first-order chi connectivity index (χ1) is 15.4. The monoisotopic (exact) mass is 447 g/mol. The van der Waals surface area contributed by atoms with Crippen LogP contribution in [0.2, 0.25) is 5.02 Å². The van der Waals surface area contributed by atoms with Crippen LogP contribution in [-0.2, 0) is 11.2 Å². The minimum atomic E-state index is -0.110. The Bertz CT molecular complexity index is 1250. The molecule has 0 saturated carbocycles. The molecule has 1 N–H and O–H groups in total. The summed E-state index contributed by atoms with van der Waals surface area (Å²) in [4.78, 5) is 20.8. The van der Waals surface area contributed by atoms with E-state index in [1.165, 1.54) is 6.33 Å². The first-order valence-corrected chi connectivity index (χ1v) is 10.4. The molecule has 2 heterocycles. The van der Waals surface area contributed by atoms with Crippen LogP contribution >= 0.6 is 11.6 Å². The highest BCUT2D eigenvalue weighted by molar-refractivity contribution is 6.30. The van der Waals surface area contributed by atoms with E-state index in [-0.39, 0.29) is 12.3 Å². The predicted molar refractivity (Wildman–Crippen MR) is 124 cm³/mol. The van der Waals surface area contributed by atoms with E-state index < -0.39 is 0 Å². The number of halogens is 1. The second kappa shape index (κ2) is 9.20. The molecule has 162 valence electrons. The second-order valence-corrected chi connectivity index (χ2v) is 7.84. The molecule has 0 aliphatic carbocycles. The number of amides is 1. The van der Waals surface area contributed by atoms with Gasteiger partial charge in [0.2, 0.25) is 11.8 Å². The highest BCUT2D eigenvalue weighted by atomic mass is 35.5. The van der Waals surface area contributed by atoms with E-state index in [0.29, 0.717) is 28.2 Å². The van der Waals surface area contributed by atoms with Gasteiger partial charge >= 0.3 is 0 Å². The zero-order chi connectivity index (χ0) is 22.7. The number of benzene rings is 2. The van der Waals surface area contributed by atoms with Crippen molar-refractivity contribution in [2.45, 2.75) is 27.2 Å². The summed E-state index contributed by atoms with van der Waals surface area (Å²) < 4.78 is 7.64. The minimum absolute atomic E-state index is 0.110. The van der Waals surface area contributed by atoms with E-state index in [1.54, 1.807) is 47.1 Å². The lowest BCUT2D eigenvalue weighted by Gasteiger charge is -2.09. The molecule has 0 atom stereocenters. The topological polar surface area (TPSA) is 81.9 Å². The third-order valence-corrected chi connectivity index (χ3v) is 5.39. The molecule has 0 bridgehead atoms. The lowest BCUT2D eigenvalue weighted by molar-refractivity contribution is -0.115. The molecular weight excluding hydrogens is 426 g/mol. The molecule has 32 heavy (non-hydrogen) atoms. The SMILES string of the molecule is Cc1nn(-c2cc(Oc3ccc(NC(=O)Cc4ccc(Cl)cc4)cc3)ncn2)c(C)c1C. The maximum atomic E-state index is 12.3. The number of hydrogen-bond donors (Lipinski definition) is 1.